The Morgan fingerprint density at radius 2 is 1.87 bits per heavy atom. The molecule has 202 valence electrons. The van der Waals surface area contributed by atoms with Crippen molar-refractivity contribution in [1.29, 1.82) is 0 Å². The smallest absolute Gasteiger partial charge is 0.246 e. The summed E-state index contributed by atoms with van der Waals surface area (Å²) in [5, 5.41) is 3.47. The molecule has 0 unspecified atom stereocenters. The molecule has 5 rings (SSSR count). The third-order valence-electron chi connectivity index (χ3n) is 8.09. The van der Waals surface area contributed by atoms with Crippen LogP contribution >= 0.6 is 0 Å². The molecule has 2 fully saturated rings. The van der Waals surface area contributed by atoms with Gasteiger partial charge in [-0.25, -0.2) is 4.98 Å². The van der Waals surface area contributed by atoms with Crippen LogP contribution in [-0.4, -0.2) is 82.6 Å². The van der Waals surface area contributed by atoms with Crippen LogP contribution in [0.1, 0.15) is 56.5 Å². The van der Waals surface area contributed by atoms with E-state index in [4.69, 9.17) is 14.7 Å². The number of ether oxygens (including phenoxy) is 1. The lowest BCUT2D eigenvalue weighted by atomic mass is 9.83. The molecule has 0 bridgehead atoms. The van der Waals surface area contributed by atoms with E-state index in [9.17, 15) is 4.79 Å². The molecule has 2 aromatic rings. The molecule has 0 radical (unpaired) electrons. The van der Waals surface area contributed by atoms with E-state index in [2.05, 4.69) is 71.7 Å². The average molecular weight is 518 g/mol. The van der Waals surface area contributed by atoms with Crippen molar-refractivity contribution in [2.45, 2.75) is 51.2 Å². The highest BCUT2D eigenvalue weighted by molar-refractivity contribution is 5.87. The van der Waals surface area contributed by atoms with Gasteiger partial charge in [-0.15, -0.1) is 0 Å². The Labute approximate surface area is 225 Å². The van der Waals surface area contributed by atoms with Gasteiger partial charge in [0.25, 0.3) is 0 Å². The van der Waals surface area contributed by atoms with Gasteiger partial charge in [-0.3, -0.25) is 14.7 Å². The molecule has 1 N–H and O–H groups in total. The fourth-order valence-electron chi connectivity index (χ4n) is 5.78. The number of pyridine rings is 1. The summed E-state index contributed by atoms with van der Waals surface area (Å²) in [4.78, 5) is 33.2. The van der Waals surface area contributed by atoms with Crippen molar-refractivity contribution in [1.82, 2.24) is 24.8 Å². The van der Waals surface area contributed by atoms with Crippen molar-refractivity contribution in [3.05, 3.63) is 60.1 Å². The summed E-state index contributed by atoms with van der Waals surface area (Å²) in [5.74, 6) is 1.59. The Morgan fingerprint density at radius 1 is 1.11 bits per heavy atom. The van der Waals surface area contributed by atoms with Crippen LogP contribution in [-0.2, 0) is 15.1 Å². The Hall–Kier alpha value is -3.30. The van der Waals surface area contributed by atoms with Crippen LogP contribution in [0.2, 0.25) is 0 Å². The van der Waals surface area contributed by atoms with Gasteiger partial charge < -0.3 is 19.9 Å². The number of nitrogens with zero attached hydrogens (tertiary/aromatic N) is 6. The van der Waals surface area contributed by atoms with Gasteiger partial charge in [-0.2, -0.15) is 4.98 Å². The van der Waals surface area contributed by atoms with Gasteiger partial charge >= 0.3 is 0 Å². The van der Waals surface area contributed by atoms with Gasteiger partial charge in [-0.1, -0.05) is 24.8 Å². The average Bonchev–Trinajstić information content (AvgIpc) is 2.96. The molecule has 38 heavy (non-hydrogen) atoms. The number of amides is 1. The molecule has 1 atom stereocenters. The number of carbonyl (C=O) groups is 1. The van der Waals surface area contributed by atoms with Gasteiger partial charge in [0.05, 0.1) is 17.3 Å². The fourth-order valence-corrected chi connectivity index (χ4v) is 5.78. The minimum atomic E-state index is -0.174. The van der Waals surface area contributed by atoms with E-state index in [1.165, 1.54) is 6.08 Å². The van der Waals surface area contributed by atoms with Gasteiger partial charge in [0.1, 0.15) is 5.82 Å². The normalized spacial score (nSPS) is 20.2. The standard InChI is InChI=1S/C29H39N7O2/c1-5-26(37)34-13-15-35(16-14-34)29(10-17-38-18-11-29)25-9-8-23(19-30-25)22(4)32-28-31-20-24-7-6-12-36(21(2)3)27(24)33-28/h5-9,19-22H,1,10-18H2,2-4H3,(H,31,32,33)/t22-/m0/s1. The van der Waals surface area contributed by atoms with E-state index in [0.29, 0.717) is 38.3 Å². The van der Waals surface area contributed by atoms with Gasteiger partial charge in [0, 0.05) is 69.9 Å². The van der Waals surface area contributed by atoms with Gasteiger partial charge in [0.15, 0.2) is 0 Å². The summed E-state index contributed by atoms with van der Waals surface area (Å²) in [6, 6.07) is 4.69. The molecule has 0 spiro atoms. The number of carbonyl (C=O) groups excluding carboxylic acids is 1. The molecule has 2 saturated heterocycles. The van der Waals surface area contributed by atoms with E-state index in [1.54, 1.807) is 0 Å². The SMILES string of the molecule is C=CC(=O)N1CCN(C2(c3ccc([C@H](C)Nc4ncc5c(n4)N(C(C)C)CC=C5)cn3)CCOCC2)CC1. The lowest BCUT2D eigenvalue weighted by molar-refractivity contribution is -0.130. The van der Waals surface area contributed by atoms with E-state index >= 15 is 0 Å². The highest BCUT2D eigenvalue weighted by Crippen LogP contribution is 2.38. The monoisotopic (exact) mass is 517 g/mol. The van der Waals surface area contributed by atoms with Crippen molar-refractivity contribution >= 4 is 23.7 Å². The van der Waals surface area contributed by atoms with Crippen molar-refractivity contribution in [2.75, 3.05) is 56.2 Å². The number of piperazine rings is 1. The summed E-state index contributed by atoms with van der Waals surface area (Å²) >= 11 is 0. The Bertz CT molecular complexity index is 1170. The molecule has 3 aliphatic rings. The number of hydrogen-bond acceptors (Lipinski definition) is 8. The molecule has 0 aromatic carbocycles. The Morgan fingerprint density at radius 3 is 2.53 bits per heavy atom. The van der Waals surface area contributed by atoms with Crippen LogP contribution in [0.5, 0.6) is 0 Å². The lowest BCUT2D eigenvalue weighted by Crippen LogP contribution is -2.58. The summed E-state index contributed by atoms with van der Waals surface area (Å²) in [6.45, 7) is 15.4. The maximum Gasteiger partial charge on any atom is 0.246 e. The molecule has 0 aliphatic carbocycles. The number of hydrogen-bond donors (Lipinski definition) is 1. The number of fused-ring (bicyclic) bond motifs is 1. The number of rotatable bonds is 7. The lowest BCUT2D eigenvalue weighted by Gasteiger charge is -2.49. The van der Waals surface area contributed by atoms with Crippen molar-refractivity contribution < 1.29 is 9.53 Å². The minimum absolute atomic E-state index is 0.000308. The second-order valence-electron chi connectivity index (χ2n) is 10.6. The predicted octanol–water partition coefficient (Wildman–Crippen LogP) is 3.62. The highest BCUT2D eigenvalue weighted by atomic mass is 16.5. The van der Waals surface area contributed by atoms with E-state index in [-0.39, 0.29) is 17.5 Å². The van der Waals surface area contributed by atoms with Crippen LogP contribution in [0.4, 0.5) is 11.8 Å². The molecule has 9 nitrogen and oxygen atoms in total. The van der Waals surface area contributed by atoms with Crippen molar-refractivity contribution in [3.8, 4) is 0 Å². The largest absolute Gasteiger partial charge is 0.381 e. The first kappa shape index (κ1) is 26.3. The third-order valence-corrected chi connectivity index (χ3v) is 8.09. The zero-order valence-corrected chi connectivity index (χ0v) is 22.8. The van der Waals surface area contributed by atoms with Crippen LogP contribution in [0, 0.1) is 0 Å². The molecule has 1 amide bonds. The second-order valence-corrected chi connectivity index (χ2v) is 10.6. The number of nitrogens with one attached hydrogen (secondary N) is 1. The Kier molecular flexibility index (Phi) is 7.76. The van der Waals surface area contributed by atoms with Crippen LogP contribution in [0.15, 0.2) is 43.3 Å². The van der Waals surface area contributed by atoms with Crippen LogP contribution < -0.4 is 10.2 Å². The van der Waals surface area contributed by atoms with Gasteiger partial charge in [-0.05, 0) is 51.3 Å². The van der Waals surface area contributed by atoms with Gasteiger partial charge in [0.2, 0.25) is 11.9 Å². The summed E-state index contributed by atoms with van der Waals surface area (Å²) in [5.41, 5.74) is 3.03. The van der Waals surface area contributed by atoms with Crippen molar-refractivity contribution in [2.24, 2.45) is 0 Å². The topological polar surface area (TPSA) is 86.7 Å². The maximum absolute atomic E-state index is 12.1. The quantitative estimate of drug-likeness (QED) is 0.558. The highest BCUT2D eigenvalue weighted by Gasteiger charge is 2.42. The van der Waals surface area contributed by atoms with Crippen molar-refractivity contribution in [3.63, 3.8) is 0 Å². The summed E-state index contributed by atoms with van der Waals surface area (Å²) in [6.07, 6.45) is 11.3. The zero-order valence-electron chi connectivity index (χ0n) is 22.8. The first-order valence-corrected chi connectivity index (χ1v) is 13.7. The first-order valence-electron chi connectivity index (χ1n) is 13.7. The first-order chi connectivity index (χ1) is 18.4. The molecule has 2 aromatic heterocycles. The molecular weight excluding hydrogens is 478 g/mol. The van der Waals surface area contributed by atoms with Crippen LogP contribution in [0.25, 0.3) is 6.08 Å². The maximum atomic E-state index is 12.1. The molecule has 9 heteroatoms. The number of anilines is 2. The predicted molar refractivity (Wildman–Crippen MR) is 150 cm³/mol. The number of aromatic nitrogens is 3. The Balaban J connectivity index is 1.31. The minimum Gasteiger partial charge on any atom is -0.381 e. The van der Waals surface area contributed by atoms with E-state index in [1.807, 2.05) is 17.3 Å². The third kappa shape index (κ3) is 5.17. The molecule has 5 heterocycles. The molecule has 0 saturated carbocycles. The summed E-state index contributed by atoms with van der Waals surface area (Å²) in [7, 11) is 0. The second kappa shape index (κ2) is 11.2. The summed E-state index contributed by atoms with van der Waals surface area (Å²) < 4.78 is 5.74. The molecule has 3 aliphatic heterocycles. The van der Waals surface area contributed by atoms with E-state index < -0.39 is 0 Å². The fraction of sp³-hybridized carbons (Fsp3) is 0.517. The van der Waals surface area contributed by atoms with E-state index in [0.717, 1.165) is 55.1 Å². The van der Waals surface area contributed by atoms with Crippen LogP contribution in [0.3, 0.4) is 0 Å². The molecular formula is C29H39N7O2. The zero-order chi connectivity index (χ0) is 26.7.